The molecule has 0 saturated carbocycles. The van der Waals surface area contributed by atoms with Gasteiger partial charge in [0, 0.05) is 18.8 Å². The Morgan fingerprint density at radius 1 is 1.24 bits per heavy atom. The fraction of sp³-hybridized carbons (Fsp3) is 0.438. The maximum Gasteiger partial charge on any atom is 0.127 e. The summed E-state index contributed by atoms with van der Waals surface area (Å²) < 4.78 is 12.9. The van der Waals surface area contributed by atoms with E-state index in [-0.39, 0.29) is 6.04 Å². The quantitative estimate of drug-likeness (QED) is 0.851. The SMILES string of the molecule is CCCNC(c1cnn(C)c1)c1c(OC)cccc1OC. The lowest BCUT2D eigenvalue weighted by atomic mass is 9.99. The van der Waals surface area contributed by atoms with Crippen LogP contribution in [0.15, 0.2) is 30.6 Å². The summed E-state index contributed by atoms with van der Waals surface area (Å²) in [6.07, 6.45) is 4.94. The van der Waals surface area contributed by atoms with Gasteiger partial charge in [0.1, 0.15) is 11.5 Å². The Morgan fingerprint density at radius 3 is 2.38 bits per heavy atom. The highest BCUT2D eigenvalue weighted by Gasteiger charge is 2.23. The number of hydrogen-bond donors (Lipinski definition) is 1. The van der Waals surface area contributed by atoms with E-state index >= 15 is 0 Å². The second-order valence-electron chi connectivity index (χ2n) is 4.91. The van der Waals surface area contributed by atoms with Gasteiger partial charge in [0.05, 0.1) is 32.0 Å². The zero-order chi connectivity index (χ0) is 15.2. The molecule has 0 aliphatic rings. The molecule has 0 saturated heterocycles. The molecule has 1 heterocycles. The zero-order valence-electron chi connectivity index (χ0n) is 13.1. The van der Waals surface area contributed by atoms with Crippen molar-refractivity contribution in [3.05, 3.63) is 41.7 Å². The molecule has 0 amide bonds. The number of nitrogens with one attached hydrogen (secondary N) is 1. The first-order chi connectivity index (χ1) is 10.2. The summed E-state index contributed by atoms with van der Waals surface area (Å²) in [4.78, 5) is 0. The second-order valence-corrected chi connectivity index (χ2v) is 4.91. The Morgan fingerprint density at radius 2 is 1.90 bits per heavy atom. The number of hydrogen-bond acceptors (Lipinski definition) is 4. The molecule has 21 heavy (non-hydrogen) atoms. The third kappa shape index (κ3) is 3.36. The van der Waals surface area contributed by atoms with Gasteiger partial charge >= 0.3 is 0 Å². The molecule has 2 aromatic rings. The molecule has 1 atom stereocenters. The Labute approximate surface area is 125 Å². The Bertz CT molecular complexity index is 558. The number of benzene rings is 1. The van der Waals surface area contributed by atoms with Crippen molar-refractivity contribution in [2.24, 2.45) is 7.05 Å². The zero-order valence-corrected chi connectivity index (χ0v) is 13.1. The molecular formula is C16H23N3O2. The average molecular weight is 289 g/mol. The summed E-state index contributed by atoms with van der Waals surface area (Å²) in [7, 11) is 5.27. The van der Waals surface area contributed by atoms with Crippen molar-refractivity contribution < 1.29 is 9.47 Å². The number of nitrogens with zero attached hydrogens (tertiary/aromatic N) is 2. The van der Waals surface area contributed by atoms with Crippen LogP contribution in [0.5, 0.6) is 11.5 Å². The van der Waals surface area contributed by atoms with Crippen LogP contribution in [-0.4, -0.2) is 30.5 Å². The molecular weight excluding hydrogens is 266 g/mol. The predicted molar refractivity (Wildman–Crippen MR) is 82.9 cm³/mol. The van der Waals surface area contributed by atoms with E-state index in [0.29, 0.717) is 0 Å². The van der Waals surface area contributed by atoms with Crippen LogP contribution in [0.25, 0.3) is 0 Å². The maximum atomic E-state index is 5.53. The monoisotopic (exact) mass is 289 g/mol. The molecule has 0 spiro atoms. The lowest BCUT2D eigenvalue weighted by molar-refractivity contribution is 0.376. The van der Waals surface area contributed by atoms with Crippen LogP contribution in [-0.2, 0) is 7.05 Å². The Hall–Kier alpha value is -2.01. The number of ether oxygens (including phenoxy) is 2. The standard InChI is InChI=1S/C16H23N3O2/c1-5-9-17-16(12-10-18-19(2)11-12)15-13(20-3)7-6-8-14(15)21-4/h6-8,10-11,16-17H,5,9H2,1-4H3. The van der Waals surface area contributed by atoms with E-state index < -0.39 is 0 Å². The largest absolute Gasteiger partial charge is 0.496 e. The van der Waals surface area contributed by atoms with Gasteiger partial charge in [0.2, 0.25) is 0 Å². The highest BCUT2D eigenvalue weighted by molar-refractivity contribution is 5.50. The van der Waals surface area contributed by atoms with Gasteiger partial charge < -0.3 is 14.8 Å². The van der Waals surface area contributed by atoms with Crippen molar-refractivity contribution >= 4 is 0 Å². The first-order valence-electron chi connectivity index (χ1n) is 7.14. The van der Waals surface area contributed by atoms with E-state index in [2.05, 4.69) is 17.3 Å². The Balaban J connectivity index is 2.50. The van der Waals surface area contributed by atoms with Crippen LogP contribution < -0.4 is 14.8 Å². The smallest absolute Gasteiger partial charge is 0.127 e. The maximum absolute atomic E-state index is 5.53. The molecule has 5 nitrogen and oxygen atoms in total. The predicted octanol–water partition coefficient (Wildman–Crippen LogP) is 2.53. The lowest BCUT2D eigenvalue weighted by Crippen LogP contribution is -2.24. The highest BCUT2D eigenvalue weighted by Crippen LogP contribution is 2.37. The van der Waals surface area contributed by atoms with E-state index in [0.717, 1.165) is 35.6 Å². The number of aryl methyl sites for hydroxylation is 1. The summed E-state index contributed by atoms with van der Waals surface area (Å²) in [6, 6.07) is 5.83. The van der Waals surface area contributed by atoms with Gasteiger partial charge in [0.15, 0.2) is 0 Å². The van der Waals surface area contributed by atoms with Crippen LogP contribution in [0.3, 0.4) is 0 Å². The number of rotatable bonds is 7. The molecule has 114 valence electrons. The summed E-state index contributed by atoms with van der Waals surface area (Å²) in [5, 5.41) is 7.83. The normalized spacial score (nSPS) is 12.2. The first-order valence-corrected chi connectivity index (χ1v) is 7.14. The molecule has 0 aliphatic heterocycles. The number of aromatic nitrogens is 2. The first kappa shape index (κ1) is 15.4. The fourth-order valence-corrected chi connectivity index (χ4v) is 2.43. The molecule has 2 rings (SSSR count). The summed E-state index contributed by atoms with van der Waals surface area (Å²) in [5.74, 6) is 1.62. The molecule has 0 fully saturated rings. The minimum absolute atomic E-state index is 0.00949. The van der Waals surface area contributed by atoms with E-state index in [1.807, 2.05) is 37.6 Å². The second kappa shape index (κ2) is 7.13. The van der Waals surface area contributed by atoms with E-state index in [1.54, 1.807) is 18.9 Å². The van der Waals surface area contributed by atoms with Crippen LogP contribution in [0.2, 0.25) is 0 Å². The minimum Gasteiger partial charge on any atom is -0.496 e. The van der Waals surface area contributed by atoms with Gasteiger partial charge in [-0.25, -0.2) is 0 Å². The van der Waals surface area contributed by atoms with Crippen molar-refractivity contribution in [3.8, 4) is 11.5 Å². The Kier molecular flexibility index (Phi) is 5.22. The minimum atomic E-state index is -0.00949. The fourth-order valence-electron chi connectivity index (χ4n) is 2.43. The van der Waals surface area contributed by atoms with Gasteiger partial charge in [-0.15, -0.1) is 0 Å². The molecule has 1 aromatic carbocycles. The van der Waals surface area contributed by atoms with Crippen molar-refractivity contribution in [1.29, 1.82) is 0 Å². The van der Waals surface area contributed by atoms with Gasteiger partial charge in [-0.05, 0) is 25.1 Å². The van der Waals surface area contributed by atoms with Crippen molar-refractivity contribution in [1.82, 2.24) is 15.1 Å². The molecule has 0 aliphatic carbocycles. The van der Waals surface area contributed by atoms with Crippen LogP contribution in [0.4, 0.5) is 0 Å². The molecule has 0 bridgehead atoms. The molecule has 1 aromatic heterocycles. The molecule has 0 radical (unpaired) electrons. The van der Waals surface area contributed by atoms with Crippen LogP contribution in [0.1, 0.15) is 30.5 Å². The van der Waals surface area contributed by atoms with Crippen molar-refractivity contribution in [3.63, 3.8) is 0 Å². The number of methoxy groups -OCH3 is 2. The topological polar surface area (TPSA) is 48.3 Å². The lowest BCUT2D eigenvalue weighted by Gasteiger charge is -2.22. The van der Waals surface area contributed by atoms with Crippen molar-refractivity contribution in [2.45, 2.75) is 19.4 Å². The van der Waals surface area contributed by atoms with E-state index in [1.165, 1.54) is 0 Å². The van der Waals surface area contributed by atoms with Gasteiger partial charge in [-0.3, -0.25) is 4.68 Å². The van der Waals surface area contributed by atoms with Crippen LogP contribution in [0, 0.1) is 0 Å². The molecule has 5 heteroatoms. The third-order valence-electron chi connectivity index (χ3n) is 3.41. The van der Waals surface area contributed by atoms with Gasteiger partial charge in [-0.2, -0.15) is 5.10 Å². The van der Waals surface area contributed by atoms with Gasteiger partial charge in [-0.1, -0.05) is 13.0 Å². The summed E-state index contributed by atoms with van der Waals surface area (Å²) >= 11 is 0. The van der Waals surface area contributed by atoms with E-state index in [4.69, 9.17) is 9.47 Å². The molecule has 1 N–H and O–H groups in total. The van der Waals surface area contributed by atoms with Crippen molar-refractivity contribution in [2.75, 3.05) is 20.8 Å². The summed E-state index contributed by atoms with van der Waals surface area (Å²) in [6.45, 7) is 3.05. The van der Waals surface area contributed by atoms with Crippen LogP contribution >= 0.6 is 0 Å². The van der Waals surface area contributed by atoms with E-state index in [9.17, 15) is 0 Å². The van der Waals surface area contributed by atoms with Gasteiger partial charge in [0.25, 0.3) is 0 Å². The third-order valence-corrected chi connectivity index (χ3v) is 3.41. The highest BCUT2D eigenvalue weighted by atomic mass is 16.5. The molecule has 1 unspecified atom stereocenters. The average Bonchev–Trinajstić information content (AvgIpc) is 2.94. The summed E-state index contributed by atoms with van der Waals surface area (Å²) in [5.41, 5.74) is 2.10.